The van der Waals surface area contributed by atoms with Crippen LogP contribution in [0.5, 0.6) is 0 Å². The molecule has 1 aliphatic heterocycles. The van der Waals surface area contributed by atoms with Gasteiger partial charge in [-0.25, -0.2) is 8.42 Å². The fourth-order valence-corrected chi connectivity index (χ4v) is 1.19. The van der Waals surface area contributed by atoms with Gasteiger partial charge in [0.25, 0.3) is 0 Å². The molecule has 0 atom stereocenters. The first-order chi connectivity index (χ1) is 7.21. The smallest absolute Gasteiger partial charge is 0 e. The Bertz CT molecular complexity index is 348. The normalized spacial score (nSPS) is 12.6. The Morgan fingerprint density at radius 3 is 1.19 bits per heavy atom. The van der Waals surface area contributed by atoms with Gasteiger partial charge in [0.1, 0.15) is 0 Å². The summed E-state index contributed by atoms with van der Waals surface area (Å²) in [6.07, 6.45) is 6.33. The van der Waals surface area contributed by atoms with Crippen LogP contribution in [0.2, 0.25) is 0 Å². The molecule has 1 heterocycles. The molecule has 0 amide bonds. The van der Waals surface area contributed by atoms with E-state index >= 15 is 0 Å². The van der Waals surface area contributed by atoms with Crippen molar-refractivity contribution in [3.8, 4) is 0 Å². The summed E-state index contributed by atoms with van der Waals surface area (Å²) in [5.41, 5.74) is 0. The van der Waals surface area contributed by atoms with Crippen LogP contribution in [0.15, 0.2) is 35.1 Å². The molecule has 0 aromatic heterocycles. The summed E-state index contributed by atoms with van der Waals surface area (Å²) in [6, 6.07) is 0. The van der Waals surface area contributed by atoms with Crippen molar-refractivity contribution in [2.24, 2.45) is 0 Å². The van der Waals surface area contributed by atoms with Crippen molar-refractivity contribution in [1.29, 1.82) is 0 Å². The second-order valence-electron chi connectivity index (χ2n) is 1.63. The molecular formula is C9H6FeO5S. The number of hydrogen-bond acceptors (Lipinski definition) is 2. The Balaban J connectivity index is -0.0000000900. The summed E-state index contributed by atoms with van der Waals surface area (Å²) in [5, 5.41) is 2.32. The Morgan fingerprint density at radius 2 is 0.938 bits per heavy atom. The quantitative estimate of drug-likeness (QED) is 0.374. The standard InChI is InChI=1S/C6H6O2S.3CO.Fe/c7-9(8)5-3-1-2-4-6-9;3*1-2;/h1-6H;;;;. The zero-order chi connectivity index (χ0) is 12.7. The van der Waals surface area contributed by atoms with Gasteiger partial charge in [0.05, 0.1) is 0 Å². The maximum atomic E-state index is 10.7. The van der Waals surface area contributed by atoms with Gasteiger partial charge in [-0.2, -0.15) is 0 Å². The van der Waals surface area contributed by atoms with E-state index in [2.05, 4.69) is 20.0 Å². The molecule has 1 aliphatic rings. The molecule has 1 rings (SSSR count). The van der Waals surface area contributed by atoms with Crippen LogP contribution in [-0.4, -0.2) is 8.42 Å². The number of hydrogen-bond donors (Lipinski definition) is 0. The fourth-order valence-electron chi connectivity index (χ4n) is 0.483. The molecule has 0 aliphatic carbocycles. The first-order valence-corrected chi connectivity index (χ1v) is 4.69. The van der Waals surface area contributed by atoms with E-state index in [0.717, 1.165) is 10.8 Å². The van der Waals surface area contributed by atoms with Crippen molar-refractivity contribution in [3.05, 3.63) is 55.1 Å². The fraction of sp³-hybridized carbons (Fsp3) is 0. The van der Waals surface area contributed by atoms with Gasteiger partial charge < -0.3 is 0 Å². The van der Waals surface area contributed by atoms with Crippen LogP contribution in [0, 0.1) is 20.0 Å². The number of sulfone groups is 1. The molecule has 0 radical (unpaired) electrons. The third-order valence-corrected chi connectivity index (χ3v) is 1.94. The predicted octanol–water partition coefficient (Wildman–Crippen LogP) is 0.883. The van der Waals surface area contributed by atoms with Gasteiger partial charge in [-0.3, -0.25) is 0 Å². The monoisotopic (exact) mass is 282 g/mol. The molecule has 0 aromatic rings. The SMILES string of the molecule is O=S1(=O)C=CC=CC=C1.[C-]#[O+].[C-]#[O+].[C-]#[O+].[Fe]. The van der Waals surface area contributed by atoms with Crippen LogP contribution in [0.25, 0.3) is 0 Å². The topological polar surface area (TPSA) is 93.8 Å². The van der Waals surface area contributed by atoms with Crippen LogP contribution < -0.4 is 0 Å². The summed E-state index contributed by atoms with van der Waals surface area (Å²) in [5.74, 6) is 0. The minimum absolute atomic E-state index is 0. The molecule has 0 spiro atoms. The zero-order valence-corrected chi connectivity index (χ0v) is 9.69. The summed E-state index contributed by atoms with van der Waals surface area (Å²) >= 11 is 0. The van der Waals surface area contributed by atoms with Crippen molar-refractivity contribution < 1.29 is 39.4 Å². The van der Waals surface area contributed by atoms with E-state index in [0.29, 0.717) is 0 Å². The summed E-state index contributed by atoms with van der Waals surface area (Å²) < 4.78 is 43.8. The largest absolute Gasteiger partial charge is 0 e. The number of rotatable bonds is 0. The Morgan fingerprint density at radius 1 is 0.688 bits per heavy atom. The molecule has 0 N–H and O–H groups in total. The van der Waals surface area contributed by atoms with Gasteiger partial charge in [-0.15, -0.1) is 0 Å². The van der Waals surface area contributed by atoms with Crippen LogP contribution in [0.4, 0.5) is 0 Å². The Kier molecular flexibility index (Phi) is 29.5. The van der Waals surface area contributed by atoms with E-state index in [-0.39, 0.29) is 17.1 Å². The summed E-state index contributed by atoms with van der Waals surface area (Å²) in [6.45, 7) is 13.5. The minimum Gasteiger partial charge on any atom is 0 e. The van der Waals surface area contributed by atoms with Gasteiger partial charge in [-0.05, 0) is 0 Å². The first-order valence-electron chi connectivity index (χ1n) is 3.08. The molecule has 7 heteroatoms. The van der Waals surface area contributed by atoms with Crippen molar-refractivity contribution >= 4 is 9.84 Å². The molecule has 0 bridgehead atoms. The van der Waals surface area contributed by atoms with Gasteiger partial charge in [-0.1, -0.05) is 24.3 Å². The maximum absolute atomic E-state index is 10.7. The van der Waals surface area contributed by atoms with Crippen molar-refractivity contribution in [1.82, 2.24) is 0 Å². The van der Waals surface area contributed by atoms with Crippen LogP contribution in [-0.2, 0) is 40.9 Å². The molecule has 5 nitrogen and oxygen atoms in total. The van der Waals surface area contributed by atoms with E-state index in [9.17, 15) is 8.42 Å². The molecule has 0 saturated heterocycles. The molecule has 0 saturated carbocycles. The van der Waals surface area contributed by atoms with Gasteiger partial charge >= 0.3 is 33.9 Å². The van der Waals surface area contributed by atoms with E-state index in [1.165, 1.54) is 12.2 Å². The van der Waals surface area contributed by atoms with Crippen LogP contribution in [0.1, 0.15) is 0 Å². The van der Waals surface area contributed by atoms with E-state index in [1.54, 1.807) is 12.2 Å². The van der Waals surface area contributed by atoms with Crippen LogP contribution >= 0.6 is 0 Å². The van der Waals surface area contributed by atoms with Gasteiger partial charge in [0, 0.05) is 27.9 Å². The van der Waals surface area contributed by atoms with E-state index in [4.69, 9.17) is 14.0 Å². The molecule has 86 valence electrons. The third kappa shape index (κ3) is 18.6. The van der Waals surface area contributed by atoms with Gasteiger partial charge in [0.2, 0.25) is 0 Å². The second-order valence-corrected chi connectivity index (χ2v) is 3.35. The summed E-state index contributed by atoms with van der Waals surface area (Å²) in [4.78, 5) is 0. The molecule has 0 unspecified atom stereocenters. The molecule has 0 fully saturated rings. The average molecular weight is 282 g/mol. The first kappa shape index (κ1) is 24.2. The zero-order valence-electron chi connectivity index (χ0n) is 7.77. The molecule has 16 heavy (non-hydrogen) atoms. The van der Waals surface area contributed by atoms with E-state index in [1.807, 2.05) is 0 Å². The van der Waals surface area contributed by atoms with Crippen molar-refractivity contribution in [2.75, 3.05) is 0 Å². The number of allylic oxidation sites excluding steroid dienone is 4. The average Bonchev–Trinajstić information content (AvgIpc) is 2.50. The second kappa shape index (κ2) is 19.5. The Hall–Kier alpha value is -1.09. The maximum Gasteiger partial charge on any atom is 0 e. The molecule has 0 aromatic carbocycles. The van der Waals surface area contributed by atoms with Crippen molar-refractivity contribution in [3.63, 3.8) is 0 Å². The summed E-state index contributed by atoms with van der Waals surface area (Å²) in [7, 11) is -3.04. The van der Waals surface area contributed by atoms with E-state index < -0.39 is 9.84 Å². The van der Waals surface area contributed by atoms with Gasteiger partial charge in [0.15, 0.2) is 9.84 Å². The van der Waals surface area contributed by atoms with Crippen molar-refractivity contribution in [2.45, 2.75) is 0 Å². The minimum atomic E-state index is -3.04. The third-order valence-electron chi connectivity index (χ3n) is 0.870. The predicted molar refractivity (Wildman–Crippen MR) is 48.1 cm³/mol. The van der Waals surface area contributed by atoms with Crippen LogP contribution in [0.3, 0.4) is 0 Å². The Labute approximate surface area is 104 Å². The molecular weight excluding hydrogens is 276 g/mol.